The molecular weight excluding hydrogens is 464 g/mol. The van der Waals surface area contributed by atoms with Crippen LogP contribution in [0.2, 0.25) is 5.02 Å². The van der Waals surface area contributed by atoms with Gasteiger partial charge < -0.3 is 20.5 Å². The Morgan fingerprint density at radius 2 is 1.85 bits per heavy atom. The molecule has 0 heterocycles. The summed E-state index contributed by atoms with van der Waals surface area (Å²) in [7, 11) is 1.51. The van der Waals surface area contributed by atoms with Gasteiger partial charge in [-0.1, -0.05) is 29.8 Å². The lowest BCUT2D eigenvalue weighted by Crippen LogP contribution is -2.34. The number of carbonyl (C=O) groups is 3. The van der Waals surface area contributed by atoms with Crippen LogP contribution in [0.25, 0.3) is 0 Å². The number of aliphatic carboxylic acids is 1. The van der Waals surface area contributed by atoms with Gasteiger partial charge in [0.25, 0.3) is 0 Å². The number of thioether (sulfide) groups is 1. The molecular formula is C24H25ClN2O5S. The van der Waals surface area contributed by atoms with Crippen LogP contribution >= 0.6 is 23.4 Å². The van der Waals surface area contributed by atoms with Crippen LogP contribution < -0.4 is 15.4 Å². The number of amides is 2. The number of halogens is 1. The Morgan fingerprint density at radius 3 is 2.55 bits per heavy atom. The fourth-order valence-corrected chi connectivity index (χ4v) is 4.45. The first-order valence-corrected chi connectivity index (χ1v) is 11.7. The van der Waals surface area contributed by atoms with E-state index in [1.807, 2.05) is 19.1 Å². The van der Waals surface area contributed by atoms with Crippen LogP contribution in [0.5, 0.6) is 5.75 Å². The number of anilines is 2. The van der Waals surface area contributed by atoms with Gasteiger partial charge >= 0.3 is 5.97 Å². The number of allylic oxidation sites excluding steroid dienone is 2. The summed E-state index contributed by atoms with van der Waals surface area (Å²) in [4.78, 5) is 37.4. The topological polar surface area (TPSA) is 105 Å². The Bertz CT molecular complexity index is 1090. The van der Waals surface area contributed by atoms with Crippen molar-refractivity contribution < 1.29 is 24.2 Å². The molecule has 9 heteroatoms. The van der Waals surface area contributed by atoms with Gasteiger partial charge in [0.1, 0.15) is 5.75 Å². The van der Waals surface area contributed by atoms with Gasteiger partial charge in [0.05, 0.1) is 30.4 Å². The molecule has 3 N–H and O–H groups in total. The number of carbonyl (C=O) groups excluding carboxylic acids is 2. The van der Waals surface area contributed by atoms with Gasteiger partial charge in [-0.3, -0.25) is 14.4 Å². The number of carboxylic acids is 1. The number of benzene rings is 2. The fourth-order valence-electron chi connectivity index (χ4n) is 3.54. The minimum atomic E-state index is -0.970. The van der Waals surface area contributed by atoms with E-state index in [2.05, 4.69) is 10.6 Å². The van der Waals surface area contributed by atoms with E-state index in [9.17, 15) is 19.5 Å². The number of aryl methyl sites for hydroxylation is 1. The molecule has 0 aliphatic heterocycles. The lowest BCUT2D eigenvalue weighted by Gasteiger charge is -2.24. The van der Waals surface area contributed by atoms with E-state index in [-0.39, 0.29) is 17.6 Å². The van der Waals surface area contributed by atoms with E-state index >= 15 is 0 Å². The molecule has 0 saturated heterocycles. The fraction of sp³-hybridized carbons (Fsp3) is 0.292. The zero-order chi connectivity index (χ0) is 24.0. The highest BCUT2D eigenvalue weighted by Crippen LogP contribution is 2.32. The number of carboxylic acid groups (broad SMARTS) is 1. The first kappa shape index (κ1) is 24.7. The summed E-state index contributed by atoms with van der Waals surface area (Å²) in [5.74, 6) is -2.23. The van der Waals surface area contributed by atoms with E-state index in [1.165, 1.54) is 18.9 Å². The monoisotopic (exact) mass is 488 g/mol. The molecule has 0 fully saturated rings. The summed E-state index contributed by atoms with van der Waals surface area (Å²) in [6, 6.07) is 10.5. The van der Waals surface area contributed by atoms with Crippen LogP contribution in [-0.4, -0.2) is 35.8 Å². The Morgan fingerprint density at radius 1 is 1.12 bits per heavy atom. The number of hydrogen-bond donors (Lipinski definition) is 3. The van der Waals surface area contributed by atoms with Crippen molar-refractivity contribution in [3.63, 3.8) is 0 Å². The Labute approximate surface area is 201 Å². The molecule has 2 unspecified atom stereocenters. The molecule has 0 bridgehead atoms. The van der Waals surface area contributed by atoms with Crippen molar-refractivity contribution in [1.29, 1.82) is 0 Å². The SMILES string of the molecule is COc1cc(Cl)c(C)cc1NC(=O)CSc1cccc(NC(=O)C2CC=CCC2C(=O)O)c1. The smallest absolute Gasteiger partial charge is 0.307 e. The second kappa shape index (κ2) is 11.2. The molecule has 33 heavy (non-hydrogen) atoms. The number of nitrogens with one attached hydrogen (secondary N) is 2. The molecule has 1 aliphatic rings. The van der Waals surface area contributed by atoms with Crippen molar-refractivity contribution in [3.05, 3.63) is 59.1 Å². The molecule has 0 saturated carbocycles. The molecule has 2 aromatic rings. The highest BCUT2D eigenvalue weighted by atomic mass is 35.5. The van der Waals surface area contributed by atoms with E-state index in [1.54, 1.807) is 36.4 Å². The molecule has 2 amide bonds. The first-order chi connectivity index (χ1) is 15.8. The normalized spacial score (nSPS) is 17.3. The van der Waals surface area contributed by atoms with Gasteiger partial charge in [0.2, 0.25) is 11.8 Å². The highest BCUT2D eigenvalue weighted by molar-refractivity contribution is 8.00. The summed E-state index contributed by atoms with van der Waals surface area (Å²) < 4.78 is 5.28. The maximum atomic E-state index is 12.7. The predicted octanol–water partition coefficient (Wildman–Crippen LogP) is 4.99. The molecule has 0 radical (unpaired) electrons. The first-order valence-electron chi connectivity index (χ1n) is 10.3. The van der Waals surface area contributed by atoms with E-state index in [0.29, 0.717) is 35.0 Å². The van der Waals surface area contributed by atoms with Crippen molar-refractivity contribution in [2.45, 2.75) is 24.7 Å². The van der Waals surface area contributed by atoms with Gasteiger partial charge in [-0.25, -0.2) is 0 Å². The minimum absolute atomic E-state index is 0.150. The predicted molar refractivity (Wildman–Crippen MR) is 130 cm³/mol. The van der Waals surface area contributed by atoms with Crippen molar-refractivity contribution in [2.24, 2.45) is 11.8 Å². The van der Waals surface area contributed by atoms with E-state index in [4.69, 9.17) is 16.3 Å². The largest absolute Gasteiger partial charge is 0.495 e. The van der Waals surface area contributed by atoms with E-state index in [0.717, 1.165) is 10.5 Å². The number of ether oxygens (including phenoxy) is 1. The second-order valence-corrected chi connectivity index (χ2v) is 9.11. The van der Waals surface area contributed by atoms with Crippen molar-refractivity contribution in [2.75, 3.05) is 23.5 Å². The van der Waals surface area contributed by atoms with Crippen LogP contribution in [0.3, 0.4) is 0 Å². The van der Waals surface area contributed by atoms with Gasteiger partial charge in [-0.15, -0.1) is 11.8 Å². The molecule has 1 aliphatic carbocycles. The van der Waals surface area contributed by atoms with Crippen molar-refractivity contribution >= 4 is 52.5 Å². The summed E-state index contributed by atoms with van der Waals surface area (Å²) in [5, 5.41) is 15.6. The maximum Gasteiger partial charge on any atom is 0.307 e. The Balaban J connectivity index is 1.60. The van der Waals surface area contributed by atoms with Crippen LogP contribution in [0.15, 0.2) is 53.4 Å². The Hall–Kier alpha value is -2.97. The average Bonchev–Trinajstić information content (AvgIpc) is 2.80. The number of methoxy groups -OCH3 is 1. The quantitative estimate of drug-likeness (QED) is 0.357. The molecule has 0 aromatic heterocycles. The molecule has 174 valence electrons. The lowest BCUT2D eigenvalue weighted by atomic mass is 9.82. The standard InChI is InChI=1S/C24H25ClN2O5S/c1-14-10-20(21(32-2)12-19(14)25)27-22(28)13-33-16-7-5-6-15(11-16)26-23(29)17-8-3-4-9-18(17)24(30)31/h3-7,10-12,17-18H,8-9,13H2,1-2H3,(H,26,29)(H,27,28)(H,30,31). The Kier molecular flexibility index (Phi) is 8.41. The molecule has 7 nitrogen and oxygen atoms in total. The molecule has 2 aromatic carbocycles. The maximum absolute atomic E-state index is 12.7. The van der Waals surface area contributed by atoms with Gasteiger partial charge in [-0.2, -0.15) is 0 Å². The number of hydrogen-bond acceptors (Lipinski definition) is 5. The van der Waals surface area contributed by atoms with Crippen LogP contribution in [-0.2, 0) is 14.4 Å². The summed E-state index contributed by atoms with van der Waals surface area (Å²) >= 11 is 7.42. The van der Waals surface area contributed by atoms with E-state index < -0.39 is 17.8 Å². The van der Waals surface area contributed by atoms with Crippen molar-refractivity contribution in [3.8, 4) is 5.75 Å². The van der Waals surface area contributed by atoms with Gasteiger partial charge in [0, 0.05) is 21.7 Å². The molecule has 0 spiro atoms. The minimum Gasteiger partial charge on any atom is -0.495 e. The summed E-state index contributed by atoms with van der Waals surface area (Å²) in [6.45, 7) is 1.84. The zero-order valence-corrected chi connectivity index (χ0v) is 19.8. The summed E-state index contributed by atoms with van der Waals surface area (Å²) in [5.41, 5.74) is 1.92. The third-order valence-electron chi connectivity index (χ3n) is 5.31. The third-order valence-corrected chi connectivity index (χ3v) is 6.71. The highest BCUT2D eigenvalue weighted by Gasteiger charge is 2.33. The van der Waals surface area contributed by atoms with Crippen molar-refractivity contribution in [1.82, 2.24) is 0 Å². The second-order valence-electron chi connectivity index (χ2n) is 7.65. The third kappa shape index (κ3) is 6.52. The van der Waals surface area contributed by atoms with Crippen LogP contribution in [0.1, 0.15) is 18.4 Å². The van der Waals surface area contributed by atoms with Crippen LogP contribution in [0, 0.1) is 18.8 Å². The van der Waals surface area contributed by atoms with Gasteiger partial charge in [0.15, 0.2) is 0 Å². The molecule has 2 atom stereocenters. The van der Waals surface area contributed by atoms with Crippen LogP contribution in [0.4, 0.5) is 11.4 Å². The molecule has 3 rings (SSSR count). The van der Waals surface area contributed by atoms with Gasteiger partial charge in [-0.05, 0) is 49.6 Å². The average molecular weight is 489 g/mol. The zero-order valence-electron chi connectivity index (χ0n) is 18.3. The number of rotatable bonds is 8. The lowest BCUT2D eigenvalue weighted by molar-refractivity contribution is -0.146. The summed E-state index contributed by atoms with van der Waals surface area (Å²) in [6.07, 6.45) is 4.37.